The number of carboxylic acids is 1. The molecule has 0 aliphatic carbocycles. The average Bonchev–Trinajstić information content (AvgIpc) is 2.21. The minimum absolute atomic E-state index is 0.0702. The minimum atomic E-state index is -1.35. The van der Waals surface area contributed by atoms with E-state index in [-0.39, 0.29) is 17.7 Å². The molecule has 0 unspecified atom stereocenters. The monoisotopic (exact) mass is 571 g/mol. The van der Waals surface area contributed by atoms with Gasteiger partial charge >= 0.3 is 5.97 Å². The maximum Gasteiger partial charge on any atom is 0.312 e. The predicted octanol–water partition coefficient (Wildman–Crippen LogP) is 1.99. The number of carbonyl (C=O) groups is 2. The summed E-state index contributed by atoms with van der Waals surface area (Å²) in [6, 6.07) is 3.16. The van der Waals surface area contributed by atoms with Crippen molar-refractivity contribution in [3.05, 3.63) is 24.8 Å². The largest absolute Gasteiger partial charge is 0.545 e. The van der Waals surface area contributed by atoms with Crippen molar-refractivity contribution >= 4 is 79.7 Å². The summed E-state index contributed by atoms with van der Waals surface area (Å²) in [5, 5.41) is 11.0. The molecule has 0 aliphatic heterocycles. The molecule has 1 rings (SSSR count). The van der Waals surface area contributed by atoms with Gasteiger partial charge in [0.05, 0.1) is 16.0 Å². The van der Waals surface area contributed by atoms with Crippen LogP contribution in [0, 0.1) is 7.14 Å². The van der Waals surface area contributed by atoms with Gasteiger partial charge in [0.25, 0.3) is 0 Å². The quantitative estimate of drug-likeness (QED) is 0.240. The molecule has 0 aromatic heterocycles. The average molecular weight is 571 g/mol. The standard InChI is InChI=1S/C10H7I3O4/c11-2-1-8(14)17-9-6(10(15)16)3-5(12)4-7(9)13/h3-4H,1-2H2,(H,15,16)/p-1. The summed E-state index contributed by atoms with van der Waals surface area (Å²) in [4.78, 5) is 22.3. The fraction of sp³-hybridized carbons (Fsp3) is 0.200. The van der Waals surface area contributed by atoms with Crippen molar-refractivity contribution in [1.82, 2.24) is 0 Å². The first-order valence-electron chi connectivity index (χ1n) is 4.42. The highest BCUT2D eigenvalue weighted by molar-refractivity contribution is 14.1. The molecule has 4 nitrogen and oxygen atoms in total. The van der Waals surface area contributed by atoms with Crippen molar-refractivity contribution in [2.45, 2.75) is 6.42 Å². The summed E-state index contributed by atoms with van der Waals surface area (Å²) in [6.45, 7) is 0. The van der Waals surface area contributed by atoms with Gasteiger partial charge in [0.2, 0.25) is 0 Å². The second-order valence-corrected chi connectivity index (χ2v) is 6.45. The first-order chi connectivity index (χ1) is 7.95. The Morgan fingerprint density at radius 2 is 1.94 bits per heavy atom. The molecule has 1 aromatic carbocycles. The van der Waals surface area contributed by atoms with Crippen LogP contribution >= 0.6 is 67.8 Å². The van der Waals surface area contributed by atoms with Crippen molar-refractivity contribution in [2.75, 3.05) is 4.43 Å². The zero-order valence-corrected chi connectivity index (χ0v) is 14.8. The third-order valence-corrected chi connectivity index (χ3v) is 3.71. The number of halogens is 3. The Morgan fingerprint density at radius 1 is 1.29 bits per heavy atom. The van der Waals surface area contributed by atoms with Gasteiger partial charge in [-0.25, -0.2) is 0 Å². The number of alkyl halides is 1. The zero-order valence-electron chi connectivity index (χ0n) is 8.34. The smallest absolute Gasteiger partial charge is 0.312 e. The van der Waals surface area contributed by atoms with Crippen molar-refractivity contribution < 1.29 is 19.4 Å². The van der Waals surface area contributed by atoms with Gasteiger partial charge in [-0.2, -0.15) is 0 Å². The van der Waals surface area contributed by atoms with Gasteiger partial charge in [-0.15, -0.1) is 0 Å². The summed E-state index contributed by atoms with van der Waals surface area (Å²) in [7, 11) is 0. The molecule has 0 aliphatic rings. The number of esters is 1. The van der Waals surface area contributed by atoms with Crippen LogP contribution in [0.2, 0.25) is 0 Å². The molecule has 7 heteroatoms. The van der Waals surface area contributed by atoms with Crippen molar-refractivity contribution in [3.8, 4) is 5.75 Å². The van der Waals surface area contributed by atoms with Gasteiger partial charge in [0, 0.05) is 13.6 Å². The number of rotatable bonds is 4. The normalized spacial score (nSPS) is 10.1. The van der Waals surface area contributed by atoms with Gasteiger partial charge in [-0.05, 0) is 57.3 Å². The second kappa shape index (κ2) is 7.07. The number of hydrogen-bond donors (Lipinski definition) is 0. The first-order valence-corrected chi connectivity index (χ1v) is 8.11. The lowest BCUT2D eigenvalue weighted by molar-refractivity contribution is -0.255. The second-order valence-electron chi connectivity index (χ2n) is 2.96. The van der Waals surface area contributed by atoms with Crippen molar-refractivity contribution in [1.29, 1.82) is 0 Å². The van der Waals surface area contributed by atoms with Crippen LogP contribution < -0.4 is 9.84 Å². The molecule has 0 N–H and O–H groups in total. The van der Waals surface area contributed by atoms with E-state index < -0.39 is 11.9 Å². The van der Waals surface area contributed by atoms with Gasteiger partial charge in [0.15, 0.2) is 5.75 Å². The molecule has 1 aromatic rings. The minimum Gasteiger partial charge on any atom is -0.545 e. The van der Waals surface area contributed by atoms with E-state index in [2.05, 4.69) is 0 Å². The fourth-order valence-electron chi connectivity index (χ4n) is 1.06. The van der Waals surface area contributed by atoms with E-state index >= 15 is 0 Å². The maximum absolute atomic E-state index is 11.4. The molecule has 17 heavy (non-hydrogen) atoms. The van der Waals surface area contributed by atoms with Crippen LogP contribution in [-0.2, 0) is 4.79 Å². The third-order valence-electron chi connectivity index (χ3n) is 1.74. The Bertz CT molecular complexity index is 459. The molecule has 0 spiro atoms. The van der Waals surface area contributed by atoms with E-state index in [9.17, 15) is 14.7 Å². The Hall–Kier alpha value is 0.350. The molecular weight excluding hydrogens is 565 g/mol. The van der Waals surface area contributed by atoms with E-state index in [0.29, 0.717) is 8.00 Å². The molecule has 0 heterocycles. The highest BCUT2D eigenvalue weighted by atomic mass is 127. The molecule has 0 saturated heterocycles. The molecule has 0 saturated carbocycles. The highest BCUT2D eigenvalue weighted by Gasteiger charge is 2.14. The fourth-order valence-corrected chi connectivity index (χ4v) is 3.45. The van der Waals surface area contributed by atoms with Crippen LogP contribution in [-0.4, -0.2) is 16.4 Å². The summed E-state index contributed by atoms with van der Waals surface area (Å²) in [6.07, 6.45) is 0.245. The number of benzene rings is 1. The van der Waals surface area contributed by atoms with E-state index in [4.69, 9.17) is 4.74 Å². The Kier molecular flexibility index (Phi) is 6.40. The molecule has 0 radical (unpaired) electrons. The summed E-state index contributed by atoms with van der Waals surface area (Å²) in [5.41, 5.74) is -0.0943. The third kappa shape index (κ3) is 4.50. The van der Waals surface area contributed by atoms with Crippen LogP contribution in [0.4, 0.5) is 0 Å². The number of ether oxygens (including phenoxy) is 1. The lowest BCUT2D eigenvalue weighted by atomic mass is 10.2. The maximum atomic E-state index is 11.4. The van der Waals surface area contributed by atoms with Crippen LogP contribution in [0.1, 0.15) is 16.8 Å². The SMILES string of the molecule is O=C(CCI)Oc1c(I)cc(I)cc1C(=O)[O-]. The van der Waals surface area contributed by atoms with Gasteiger partial charge < -0.3 is 14.6 Å². The first kappa shape index (κ1) is 15.4. The van der Waals surface area contributed by atoms with Crippen LogP contribution in [0.15, 0.2) is 12.1 Å². The number of hydrogen-bond acceptors (Lipinski definition) is 4. The topological polar surface area (TPSA) is 66.4 Å². The van der Waals surface area contributed by atoms with Crippen LogP contribution in [0.5, 0.6) is 5.75 Å². The Morgan fingerprint density at radius 3 is 2.47 bits per heavy atom. The number of aromatic carboxylic acids is 1. The van der Waals surface area contributed by atoms with E-state index in [1.807, 2.05) is 67.8 Å². The summed E-state index contributed by atoms with van der Waals surface area (Å²) >= 11 is 5.97. The van der Waals surface area contributed by atoms with Crippen molar-refractivity contribution in [3.63, 3.8) is 0 Å². The Balaban J connectivity index is 3.12. The van der Waals surface area contributed by atoms with Crippen LogP contribution in [0.25, 0.3) is 0 Å². The van der Waals surface area contributed by atoms with E-state index in [0.717, 1.165) is 3.57 Å². The molecule has 0 atom stereocenters. The number of carbonyl (C=O) groups excluding carboxylic acids is 2. The predicted molar refractivity (Wildman–Crippen MR) is 85.3 cm³/mol. The van der Waals surface area contributed by atoms with Crippen LogP contribution in [0.3, 0.4) is 0 Å². The molecule has 92 valence electrons. The Labute approximate surface area is 139 Å². The van der Waals surface area contributed by atoms with Gasteiger partial charge in [-0.1, -0.05) is 22.6 Å². The zero-order chi connectivity index (χ0) is 13.0. The highest BCUT2D eigenvalue weighted by Crippen LogP contribution is 2.28. The molecule has 0 fully saturated rings. The van der Waals surface area contributed by atoms with Gasteiger partial charge in [-0.3, -0.25) is 4.79 Å². The van der Waals surface area contributed by atoms with E-state index in [1.165, 1.54) is 6.07 Å². The lowest BCUT2D eigenvalue weighted by Gasteiger charge is -2.13. The van der Waals surface area contributed by atoms with E-state index in [1.54, 1.807) is 6.07 Å². The molecule has 0 amide bonds. The molecular formula is C10H6I3O4-. The number of carboxylic acid groups (broad SMARTS) is 1. The van der Waals surface area contributed by atoms with Crippen molar-refractivity contribution in [2.24, 2.45) is 0 Å². The molecule has 0 bridgehead atoms. The van der Waals surface area contributed by atoms with Gasteiger partial charge in [0.1, 0.15) is 0 Å². The summed E-state index contributed by atoms with van der Waals surface area (Å²) < 4.78 is 7.01. The lowest BCUT2D eigenvalue weighted by Crippen LogP contribution is -2.24. The summed E-state index contributed by atoms with van der Waals surface area (Å²) in [5.74, 6) is -1.72.